The number of thiophene rings is 1. The summed E-state index contributed by atoms with van der Waals surface area (Å²) in [5, 5.41) is 7.75. The van der Waals surface area contributed by atoms with Crippen molar-refractivity contribution in [1.82, 2.24) is 10.3 Å². The lowest BCUT2D eigenvalue weighted by Gasteiger charge is -2.01. The number of nitrogens with one attached hydrogen (secondary N) is 1. The van der Waals surface area contributed by atoms with Crippen LogP contribution < -0.4 is 5.32 Å². The maximum atomic E-state index is 11.5. The number of amides is 1. The van der Waals surface area contributed by atoms with Gasteiger partial charge in [-0.2, -0.15) is 0 Å². The number of hydrogen-bond donors (Lipinski definition) is 1. The van der Waals surface area contributed by atoms with E-state index in [1.165, 1.54) is 4.88 Å². The molecule has 0 saturated heterocycles. The molecule has 84 valence electrons. The van der Waals surface area contributed by atoms with Gasteiger partial charge in [0.15, 0.2) is 0 Å². The largest absolute Gasteiger partial charge is 0.350 e. The number of carbonyl (C=O) groups excluding carboxylic acids is 1. The van der Waals surface area contributed by atoms with Gasteiger partial charge in [0.25, 0.3) is 0 Å². The molecule has 0 aliphatic carbocycles. The van der Waals surface area contributed by atoms with Gasteiger partial charge in [-0.3, -0.25) is 4.79 Å². The highest BCUT2D eigenvalue weighted by atomic mass is 32.1. The molecule has 2 heterocycles. The lowest BCUT2D eigenvalue weighted by molar-refractivity contribution is -0.121. The first-order valence-electron chi connectivity index (χ1n) is 5.02. The van der Waals surface area contributed by atoms with Gasteiger partial charge in [-0.25, -0.2) is 4.98 Å². The molecule has 2 aromatic heterocycles. The van der Waals surface area contributed by atoms with E-state index < -0.39 is 0 Å². The zero-order chi connectivity index (χ0) is 11.2. The van der Waals surface area contributed by atoms with Crippen molar-refractivity contribution in [2.24, 2.45) is 0 Å². The van der Waals surface area contributed by atoms with Crippen molar-refractivity contribution in [3.05, 3.63) is 39.0 Å². The molecule has 0 aromatic carbocycles. The van der Waals surface area contributed by atoms with Crippen molar-refractivity contribution < 1.29 is 4.79 Å². The van der Waals surface area contributed by atoms with E-state index in [4.69, 9.17) is 0 Å². The first kappa shape index (κ1) is 11.3. The van der Waals surface area contributed by atoms with Crippen LogP contribution in [0, 0.1) is 0 Å². The Morgan fingerprint density at radius 3 is 3.00 bits per heavy atom. The number of hydrogen-bond acceptors (Lipinski definition) is 4. The molecule has 0 saturated carbocycles. The third kappa shape index (κ3) is 3.43. The summed E-state index contributed by atoms with van der Waals surface area (Å²) in [5.41, 5.74) is 0. The van der Waals surface area contributed by atoms with E-state index in [-0.39, 0.29) is 5.91 Å². The Bertz CT molecular complexity index is 383. The van der Waals surface area contributed by atoms with Crippen molar-refractivity contribution in [2.45, 2.75) is 19.4 Å². The second-order valence-electron chi connectivity index (χ2n) is 3.28. The molecule has 1 N–H and O–H groups in total. The summed E-state index contributed by atoms with van der Waals surface area (Å²) in [6.45, 7) is 0.543. The molecule has 0 fully saturated rings. The van der Waals surface area contributed by atoms with Gasteiger partial charge in [-0.05, 0) is 17.9 Å². The molecular formula is C11H12N2OS2. The van der Waals surface area contributed by atoms with Gasteiger partial charge in [0, 0.05) is 22.9 Å². The second kappa shape index (κ2) is 5.77. The first-order valence-corrected chi connectivity index (χ1v) is 6.78. The summed E-state index contributed by atoms with van der Waals surface area (Å²) in [7, 11) is 0. The number of aryl methyl sites for hydroxylation is 1. The summed E-state index contributed by atoms with van der Waals surface area (Å²) in [4.78, 5) is 16.9. The van der Waals surface area contributed by atoms with Crippen LogP contribution in [0.25, 0.3) is 0 Å². The lowest BCUT2D eigenvalue weighted by Crippen LogP contribution is -2.22. The van der Waals surface area contributed by atoms with Crippen molar-refractivity contribution in [1.29, 1.82) is 0 Å². The minimum absolute atomic E-state index is 0.0867. The van der Waals surface area contributed by atoms with Crippen LogP contribution >= 0.6 is 22.7 Å². The zero-order valence-corrected chi connectivity index (χ0v) is 10.3. The van der Waals surface area contributed by atoms with Crippen LogP contribution in [-0.2, 0) is 17.8 Å². The Hall–Kier alpha value is -1.20. The molecule has 16 heavy (non-hydrogen) atoms. The van der Waals surface area contributed by atoms with Crippen LogP contribution in [-0.4, -0.2) is 10.9 Å². The highest BCUT2D eigenvalue weighted by Gasteiger charge is 2.03. The molecule has 0 unspecified atom stereocenters. The quantitative estimate of drug-likeness (QED) is 0.888. The molecule has 0 atom stereocenters. The molecule has 5 heteroatoms. The topological polar surface area (TPSA) is 42.0 Å². The van der Waals surface area contributed by atoms with Gasteiger partial charge in [0.2, 0.25) is 5.91 Å². The Labute approximate surface area is 102 Å². The number of nitrogens with zero attached hydrogens (tertiary/aromatic N) is 1. The molecule has 0 spiro atoms. The molecule has 2 rings (SSSR count). The van der Waals surface area contributed by atoms with E-state index in [1.807, 2.05) is 16.8 Å². The summed E-state index contributed by atoms with van der Waals surface area (Å²) >= 11 is 3.25. The second-order valence-corrected chi connectivity index (χ2v) is 5.29. The van der Waals surface area contributed by atoms with Gasteiger partial charge in [-0.1, -0.05) is 6.07 Å². The van der Waals surface area contributed by atoms with E-state index in [0.29, 0.717) is 13.0 Å². The number of aromatic nitrogens is 1. The van der Waals surface area contributed by atoms with Gasteiger partial charge in [-0.15, -0.1) is 22.7 Å². The molecule has 2 aromatic rings. The fourth-order valence-corrected chi connectivity index (χ4v) is 2.56. The minimum atomic E-state index is 0.0867. The fourth-order valence-electron chi connectivity index (χ4n) is 1.29. The fraction of sp³-hybridized carbons (Fsp3) is 0.273. The van der Waals surface area contributed by atoms with Crippen LogP contribution in [0.5, 0.6) is 0 Å². The van der Waals surface area contributed by atoms with Crippen LogP contribution in [0.3, 0.4) is 0 Å². The Morgan fingerprint density at radius 1 is 1.38 bits per heavy atom. The van der Waals surface area contributed by atoms with Crippen LogP contribution in [0.1, 0.15) is 16.3 Å². The maximum absolute atomic E-state index is 11.5. The van der Waals surface area contributed by atoms with Crippen molar-refractivity contribution >= 4 is 28.6 Å². The minimum Gasteiger partial charge on any atom is -0.350 e. The van der Waals surface area contributed by atoms with Crippen LogP contribution in [0.4, 0.5) is 0 Å². The predicted molar refractivity (Wildman–Crippen MR) is 66.6 cm³/mol. The van der Waals surface area contributed by atoms with Gasteiger partial charge < -0.3 is 5.32 Å². The molecule has 0 aliphatic heterocycles. The zero-order valence-electron chi connectivity index (χ0n) is 8.68. The molecule has 0 bridgehead atoms. The Morgan fingerprint density at radius 2 is 2.31 bits per heavy atom. The number of thiazole rings is 1. The van der Waals surface area contributed by atoms with Crippen molar-refractivity contribution in [3.63, 3.8) is 0 Å². The molecule has 0 radical (unpaired) electrons. The molecule has 0 aliphatic rings. The van der Waals surface area contributed by atoms with E-state index >= 15 is 0 Å². The van der Waals surface area contributed by atoms with Gasteiger partial charge >= 0.3 is 0 Å². The Balaban J connectivity index is 1.69. The van der Waals surface area contributed by atoms with Crippen LogP contribution in [0.15, 0.2) is 29.1 Å². The average Bonchev–Trinajstić information content (AvgIpc) is 2.96. The monoisotopic (exact) mass is 252 g/mol. The van der Waals surface area contributed by atoms with E-state index in [9.17, 15) is 4.79 Å². The van der Waals surface area contributed by atoms with E-state index in [1.54, 1.807) is 28.9 Å². The summed E-state index contributed by atoms with van der Waals surface area (Å²) in [5.74, 6) is 0.0867. The number of carbonyl (C=O) groups is 1. The maximum Gasteiger partial charge on any atom is 0.220 e. The highest BCUT2D eigenvalue weighted by molar-refractivity contribution is 7.10. The standard InChI is InChI=1S/C11H12N2OS2/c14-10(4-3-9-2-1-6-15-9)13-8-11-12-5-7-16-11/h1-2,5-7H,3-4,8H2,(H,13,14). The van der Waals surface area contributed by atoms with E-state index in [0.717, 1.165) is 11.4 Å². The lowest BCUT2D eigenvalue weighted by atomic mass is 10.2. The molecular weight excluding hydrogens is 240 g/mol. The highest BCUT2D eigenvalue weighted by Crippen LogP contribution is 2.10. The third-order valence-electron chi connectivity index (χ3n) is 2.10. The van der Waals surface area contributed by atoms with Gasteiger partial charge in [0.1, 0.15) is 5.01 Å². The predicted octanol–water partition coefficient (Wildman–Crippen LogP) is 2.45. The summed E-state index contributed by atoms with van der Waals surface area (Å²) in [6.07, 6.45) is 3.12. The number of rotatable bonds is 5. The first-order chi connectivity index (χ1) is 7.84. The van der Waals surface area contributed by atoms with Crippen LogP contribution in [0.2, 0.25) is 0 Å². The molecule has 1 amide bonds. The normalized spacial score (nSPS) is 10.2. The smallest absolute Gasteiger partial charge is 0.220 e. The van der Waals surface area contributed by atoms with Crippen molar-refractivity contribution in [3.8, 4) is 0 Å². The average molecular weight is 252 g/mol. The van der Waals surface area contributed by atoms with Crippen molar-refractivity contribution in [2.75, 3.05) is 0 Å². The SMILES string of the molecule is O=C(CCc1cccs1)NCc1nccs1. The van der Waals surface area contributed by atoms with E-state index in [2.05, 4.69) is 16.4 Å². The third-order valence-corrected chi connectivity index (χ3v) is 3.81. The van der Waals surface area contributed by atoms with Gasteiger partial charge in [0.05, 0.1) is 6.54 Å². The Kier molecular flexibility index (Phi) is 4.07. The summed E-state index contributed by atoms with van der Waals surface area (Å²) < 4.78 is 0. The molecule has 3 nitrogen and oxygen atoms in total. The summed E-state index contributed by atoms with van der Waals surface area (Å²) in [6, 6.07) is 4.06.